The lowest BCUT2D eigenvalue weighted by Crippen LogP contribution is -2.31. The Bertz CT molecular complexity index is 561. The number of aliphatic carboxylic acids is 1. The molecule has 7 heteroatoms. The molecule has 0 saturated carbocycles. The molecule has 0 unspecified atom stereocenters. The zero-order valence-electron chi connectivity index (χ0n) is 10.5. The molecule has 1 heterocycles. The van der Waals surface area contributed by atoms with Crippen LogP contribution < -0.4 is 5.32 Å². The lowest BCUT2D eigenvalue weighted by Gasteiger charge is -2.12. The van der Waals surface area contributed by atoms with E-state index in [1.165, 1.54) is 18.2 Å². The van der Waals surface area contributed by atoms with E-state index in [9.17, 15) is 18.8 Å². The van der Waals surface area contributed by atoms with Gasteiger partial charge in [-0.3, -0.25) is 14.5 Å². The molecule has 0 radical (unpaired) electrons. The Labute approximate surface area is 114 Å². The maximum Gasteiger partial charge on any atom is 0.325 e. The summed E-state index contributed by atoms with van der Waals surface area (Å²) >= 11 is 0. The molecule has 0 spiro atoms. The van der Waals surface area contributed by atoms with Crippen LogP contribution in [0.15, 0.2) is 24.3 Å². The quantitative estimate of drug-likeness (QED) is 0.791. The van der Waals surface area contributed by atoms with Gasteiger partial charge in [0.2, 0.25) is 0 Å². The molecule has 1 aromatic rings. The number of amides is 3. The second-order valence-corrected chi connectivity index (χ2v) is 4.49. The van der Waals surface area contributed by atoms with Gasteiger partial charge in [-0.2, -0.15) is 0 Å². The van der Waals surface area contributed by atoms with Crippen LogP contribution in [0.3, 0.4) is 0 Å². The number of halogens is 1. The van der Waals surface area contributed by atoms with Gasteiger partial charge in [-0.25, -0.2) is 9.18 Å². The van der Waals surface area contributed by atoms with Gasteiger partial charge in [0.05, 0.1) is 6.54 Å². The topological polar surface area (TPSA) is 86.7 Å². The highest BCUT2D eigenvalue weighted by molar-refractivity contribution is 6.04. The highest BCUT2D eigenvalue weighted by Crippen LogP contribution is 2.15. The van der Waals surface area contributed by atoms with Gasteiger partial charge in [-0.05, 0) is 24.1 Å². The number of rotatable bonds is 5. The Kier molecular flexibility index (Phi) is 3.97. The van der Waals surface area contributed by atoms with Crippen molar-refractivity contribution in [3.05, 3.63) is 35.6 Å². The number of carbonyl (C=O) groups is 3. The normalized spacial score (nSPS) is 18.2. The predicted octanol–water partition coefficient (Wildman–Crippen LogP) is 1.11. The van der Waals surface area contributed by atoms with Gasteiger partial charge < -0.3 is 10.4 Å². The van der Waals surface area contributed by atoms with E-state index in [2.05, 4.69) is 5.32 Å². The number of nitrogens with one attached hydrogen (secondary N) is 1. The van der Waals surface area contributed by atoms with E-state index in [0.29, 0.717) is 5.56 Å². The van der Waals surface area contributed by atoms with Gasteiger partial charge >= 0.3 is 12.0 Å². The van der Waals surface area contributed by atoms with Gasteiger partial charge in [0.1, 0.15) is 11.9 Å². The van der Waals surface area contributed by atoms with E-state index < -0.39 is 29.8 Å². The maximum absolute atomic E-state index is 13.1. The van der Waals surface area contributed by atoms with Gasteiger partial charge in [0.25, 0.3) is 5.91 Å². The molecule has 20 heavy (non-hydrogen) atoms. The monoisotopic (exact) mass is 280 g/mol. The van der Waals surface area contributed by atoms with Crippen molar-refractivity contribution in [1.82, 2.24) is 10.2 Å². The minimum atomic E-state index is -1.03. The van der Waals surface area contributed by atoms with Gasteiger partial charge in [-0.1, -0.05) is 12.1 Å². The maximum atomic E-state index is 13.1. The lowest BCUT2D eigenvalue weighted by molar-refractivity contribution is -0.137. The van der Waals surface area contributed by atoms with Crippen LogP contribution in [-0.2, 0) is 16.1 Å². The summed E-state index contributed by atoms with van der Waals surface area (Å²) in [7, 11) is 0. The van der Waals surface area contributed by atoms with Crippen molar-refractivity contribution in [2.45, 2.75) is 25.4 Å². The number of hydrogen-bond acceptors (Lipinski definition) is 3. The standard InChI is InChI=1S/C13H13FN2O4/c14-9-3-1-2-8(6-9)7-16-12(19)10(15-13(16)20)4-5-11(17)18/h1-3,6,10H,4-5,7H2,(H,15,20)(H,17,18)/t10-/m1/s1. The minimum Gasteiger partial charge on any atom is -0.481 e. The first-order chi connectivity index (χ1) is 9.47. The summed E-state index contributed by atoms with van der Waals surface area (Å²) in [6.07, 6.45) is -0.163. The Balaban J connectivity index is 2.03. The number of urea groups is 1. The van der Waals surface area contributed by atoms with Gasteiger partial charge in [0, 0.05) is 6.42 Å². The number of imide groups is 1. The van der Waals surface area contributed by atoms with E-state index in [4.69, 9.17) is 5.11 Å². The Hall–Kier alpha value is -2.44. The molecule has 106 valence electrons. The molecule has 0 aliphatic carbocycles. The summed E-state index contributed by atoms with van der Waals surface area (Å²) in [6.45, 7) is -0.0357. The molecule has 1 saturated heterocycles. The number of hydrogen-bond donors (Lipinski definition) is 2. The molecule has 6 nitrogen and oxygen atoms in total. The number of carbonyl (C=O) groups excluding carboxylic acids is 2. The zero-order chi connectivity index (χ0) is 14.7. The summed E-state index contributed by atoms with van der Waals surface area (Å²) in [5, 5.41) is 11.0. The molecular formula is C13H13FN2O4. The van der Waals surface area contributed by atoms with Gasteiger partial charge in [-0.15, -0.1) is 0 Å². The van der Waals surface area contributed by atoms with E-state index in [-0.39, 0.29) is 19.4 Å². The Morgan fingerprint density at radius 1 is 1.40 bits per heavy atom. The van der Waals surface area contributed by atoms with Crippen molar-refractivity contribution in [3.63, 3.8) is 0 Å². The Morgan fingerprint density at radius 3 is 2.80 bits per heavy atom. The summed E-state index contributed by atoms with van der Waals surface area (Å²) < 4.78 is 13.1. The van der Waals surface area contributed by atoms with Crippen LogP contribution >= 0.6 is 0 Å². The third kappa shape index (κ3) is 3.11. The molecule has 3 amide bonds. The SMILES string of the molecule is O=C(O)CC[C@H]1NC(=O)N(Cc2cccc(F)c2)C1=O. The fraction of sp³-hybridized carbons (Fsp3) is 0.308. The van der Waals surface area contributed by atoms with Crippen LogP contribution in [0.25, 0.3) is 0 Å². The van der Waals surface area contributed by atoms with Gasteiger partial charge in [0.15, 0.2) is 0 Å². The first kappa shape index (κ1) is 14.0. The Morgan fingerprint density at radius 2 is 2.15 bits per heavy atom. The van der Waals surface area contributed by atoms with Crippen molar-refractivity contribution in [1.29, 1.82) is 0 Å². The summed E-state index contributed by atoms with van der Waals surface area (Å²) in [5.41, 5.74) is 0.493. The highest BCUT2D eigenvalue weighted by Gasteiger charge is 2.37. The van der Waals surface area contributed by atoms with Crippen molar-refractivity contribution >= 4 is 17.9 Å². The lowest BCUT2D eigenvalue weighted by atomic mass is 10.1. The first-order valence-corrected chi connectivity index (χ1v) is 6.05. The van der Waals surface area contributed by atoms with Crippen LogP contribution in [0, 0.1) is 5.82 Å². The van der Waals surface area contributed by atoms with Crippen molar-refractivity contribution in [2.75, 3.05) is 0 Å². The second-order valence-electron chi connectivity index (χ2n) is 4.49. The largest absolute Gasteiger partial charge is 0.481 e. The number of carboxylic acid groups (broad SMARTS) is 1. The van der Waals surface area contributed by atoms with Crippen LogP contribution in [-0.4, -0.2) is 34.0 Å². The van der Waals surface area contributed by atoms with Crippen LogP contribution in [0.2, 0.25) is 0 Å². The molecule has 0 aromatic heterocycles. The van der Waals surface area contributed by atoms with Crippen molar-refractivity contribution in [2.24, 2.45) is 0 Å². The average molecular weight is 280 g/mol. The molecule has 1 aliphatic heterocycles. The zero-order valence-corrected chi connectivity index (χ0v) is 10.5. The van der Waals surface area contributed by atoms with E-state index in [1.54, 1.807) is 6.07 Å². The minimum absolute atomic E-state index is 0.0357. The van der Waals surface area contributed by atoms with Crippen LogP contribution in [0.1, 0.15) is 18.4 Å². The third-order valence-electron chi connectivity index (χ3n) is 2.98. The van der Waals surface area contributed by atoms with E-state index in [1.807, 2.05) is 0 Å². The molecule has 1 aliphatic rings. The summed E-state index contributed by atoms with van der Waals surface area (Å²) in [5.74, 6) is -1.96. The van der Waals surface area contributed by atoms with E-state index in [0.717, 1.165) is 4.90 Å². The number of nitrogens with zero attached hydrogens (tertiary/aromatic N) is 1. The fourth-order valence-corrected chi connectivity index (χ4v) is 2.01. The molecular weight excluding hydrogens is 267 g/mol. The molecule has 1 fully saturated rings. The average Bonchev–Trinajstić information content (AvgIpc) is 2.64. The third-order valence-corrected chi connectivity index (χ3v) is 2.98. The molecule has 2 rings (SSSR count). The fourth-order valence-electron chi connectivity index (χ4n) is 2.01. The smallest absolute Gasteiger partial charge is 0.325 e. The van der Waals surface area contributed by atoms with Crippen LogP contribution in [0.4, 0.5) is 9.18 Å². The van der Waals surface area contributed by atoms with Crippen molar-refractivity contribution < 1.29 is 23.9 Å². The molecule has 0 bridgehead atoms. The van der Waals surface area contributed by atoms with E-state index >= 15 is 0 Å². The molecule has 1 atom stereocenters. The van der Waals surface area contributed by atoms with Crippen molar-refractivity contribution in [3.8, 4) is 0 Å². The molecule has 1 aromatic carbocycles. The van der Waals surface area contributed by atoms with Crippen LogP contribution in [0.5, 0.6) is 0 Å². The first-order valence-electron chi connectivity index (χ1n) is 6.05. The number of benzene rings is 1. The number of carboxylic acids is 1. The second kappa shape index (κ2) is 5.68. The highest BCUT2D eigenvalue weighted by atomic mass is 19.1. The summed E-state index contributed by atoms with van der Waals surface area (Å²) in [4.78, 5) is 35.1. The predicted molar refractivity (Wildman–Crippen MR) is 66.1 cm³/mol. The summed E-state index contributed by atoms with van der Waals surface area (Å²) in [6, 6.07) is 4.19. The molecule has 2 N–H and O–H groups in total.